The Morgan fingerprint density at radius 2 is 1.53 bits per heavy atom. The standard InChI is InChI=1S/C16H24O/c1-11-9-13(3)15(10-12(11)2)16(17)14-7-5-4-6-8-14/h9-10,14,16-17H,4-8H2,1-3H3. The number of benzene rings is 1. The summed E-state index contributed by atoms with van der Waals surface area (Å²) in [4.78, 5) is 0. The predicted octanol–water partition coefficient (Wildman–Crippen LogP) is 4.23. The van der Waals surface area contributed by atoms with Crippen LogP contribution in [0.3, 0.4) is 0 Å². The van der Waals surface area contributed by atoms with Gasteiger partial charge < -0.3 is 5.11 Å². The Balaban J connectivity index is 2.23. The van der Waals surface area contributed by atoms with Crippen LogP contribution in [0, 0.1) is 26.7 Å². The number of rotatable bonds is 2. The Labute approximate surface area is 105 Å². The first-order chi connectivity index (χ1) is 8.09. The maximum absolute atomic E-state index is 10.5. The molecule has 0 bridgehead atoms. The molecule has 0 amide bonds. The lowest BCUT2D eigenvalue weighted by atomic mass is 9.81. The highest BCUT2D eigenvalue weighted by atomic mass is 16.3. The number of hydrogen-bond donors (Lipinski definition) is 1. The first-order valence-corrected chi connectivity index (χ1v) is 6.85. The fraction of sp³-hybridized carbons (Fsp3) is 0.625. The molecule has 94 valence electrons. The average molecular weight is 232 g/mol. The van der Waals surface area contributed by atoms with Gasteiger partial charge >= 0.3 is 0 Å². The highest BCUT2D eigenvalue weighted by molar-refractivity contribution is 5.37. The Bertz CT molecular complexity index is 389. The molecule has 1 unspecified atom stereocenters. The fourth-order valence-corrected chi connectivity index (χ4v) is 3.01. The van der Waals surface area contributed by atoms with Crippen molar-refractivity contribution in [3.63, 3.8) is 0 Å². The van der Waals surface area contributed by atoms with E-state index < -0.39 is 0 Å². The molecule has 0 aromatic heterocycles. The van der Waals surface area contributed by atoms with Crippen LogP contribution in [0.25, 0.3) is 0 Å². The average Bonchev–Trinajstić information content (AvgIpc) is 2.34. The van der Waals surface area contributed by atoms with Crippen LogP contribution in [0.2, 0.25) is 0 Å². The predicted molar refractivity (Wildman–Crippen MR) is 72.2 cm³/mol. The zero-order valence-corrected chi connectivity index (χ0v) is 11.3. The van der Waals surface area contributed by atoms with Gasteiger partial charge in [0.05, 0.1) is 6.10 Å². The molecule has 0 heterocycles. The number of aliphatic hydroxyl groups is 1. The van der Waals surface area contributed by atoms with Gasteiger partial charge in [-0.05, 0) is 61.8 Å². The minimum Gasteiger partial charge on any atom is -0.388 e. The third-order valence-electron chi connectivity index (χ3n) is 4.30. The van der Waals surface area contributed by atoms with Gasteiger partial charge in [-0.25, -0.2) is 0 Å². The summed E-state index contributed by atoms with van der Waals surface area (Å²) in [5.41, 5.74) is 5.01. The highest BCUT2D eigenvalue weighted by Crippen LogP contribution is 2.36. The van der Waals surface area contributed by atoms with Gasteiger partial charge in [0, 0.05) is 0 Å². The van der Waals surface area contributed by atoms with Gasteiger partial charge in [-0.1, -0.05) is 31.4 Å². The summed E-state index contributed by atoms with van der Waals surface area (Å²) >= 11 is 0. The van der Waals surface area contributed by atoms with Crippen molar-refractivity contribution >= 4 is 0 Å². The summed E-state index contributed by atoms with van der Waals surface area (Å²) in [6.07, 6.45) is 6.03. The summed E-state index contributed by atoms with van der Waals surface area (Å²) in [6, 6.07) is 4.39. The summed E-state index contributed by atoms with van der Waals surface area (Å²) in [5.74, 6) is 0.476. The number of hydrogen-bond acceptors (Lipinski definition) is 1. The molecule has 1 aromatic rings. The molecule has 0 spiro atoms. The molecule has 1 aliphatic carbocycles. The smallest absolute Gasteiger partial charge is 0.0820 e. The number of aliphatic hydroxyl groups excluding tert-OH is 1. The van der Waals surface area contributed by atoms with Crippen molar-refractivity contribution in [3.8, 4) is 0 Å². The normalized spacial score (nSPS) is 19.3. The fourth-order valence-electron chi connectivity index (χ4n) is 3.01. The van der Waals surface area contributed by atoms with Gasteiger partial charge in [0.15, 0.2) is 0 Å². The first-order valence-electron chi connectivity index (χ1n) is 6.85. The van der Waals surface area contributed by atoms with Crippen molar-refractivity contribution < 1.29 is 5.11 Å². The molecule has 1 aromatic carbocycles. The lowest BCUT2D eigenvalue weighted by Gasteiger charge is -2.28. The summed E-state index contributed by atoms with van der Waals surface area (Å²) in [7, 11) is 0. The molecule has 1 aliphatic rings. The summed E-state index contributed by atoms with van der Waals surface area (Å²) in [5, 5.41) is 10.5. The SMILES string of the molecule is Cc1cc(C)c(C(O)C2CCCCC2)cc1C. The van der Waals surface area contributed by atoms with Gasteiger partial charge in [-0.2, -0.15) is 0 Å². The second-order valence-corrected chi connectivity index (χ2v) is 5.64. The van der Waals surface area contributed by atoms with Crippen LogP contribution in [0.5, 0.6) is 0 Å². The first kappa shape index (κ1) is 12.6. The van der Waals surface area contributed by atoms with E-state index in [2.05, 4.69) is 32.9 Å². The molecule has 1 fully saturated rings. The molecule has 0 saturated heterocycles. The third kappa shape index (κ3) is 2.71. The van der Waals surface area contributed by atoms with Gasteiger partial charge in [0.1, 0.15) is 0 Å². The molecule has 17 heavy (non-hydrogen) atoms. The van der Waals surface area contributed by atoms with Crippen molar-refractivity contribution in [2.45, 2.75) is 59.0 Å². The van der Waals surface area contributed by atoms with Gasteiger partial charge in [-0.15, -0.1) is 0 Å². The second kappa shape index (κ2) is 5.22. The molecule has 1 N–H and O–H groups in total. The van der Waals surface area contributed by atoms with Crippen molar-refractivity contribution in [1.82, 2.24) is 0 Å². The molecule has 1 atom stereocenters. The Hall–Kier alpha value is -0.820. The Morgan fingerprint density at radius 1 is 0.941 bits per heavy atom. The van der Waals surface area contributed by atoms with E-state index in [0.29, 0.717) is 5.92 Å². The molecule has 0 aliphatic heterocycles. The van der Waals surface area contributed by atoms with Crippen molar-refractivity contribution in [1.29, 1.82) is 0 Å². The van der Waals surface area contributed by atoms with E-state index in [1.807, 2.05) is 0 Å². The Kier molecular flexibility index (Phi) is 3.88. The molecule has 1 saturated carbocycles. The van der Waals surface area contributed by atoms with Crippen LogP contribution < -0.4 is 0 Å². The van der Waals surface area contributed by atoms with Crippen LogP contribution in [-0.4, -0.2) is 5.11 Å². The zero-order chi connectivity index (χ0) is 12.4. The lowest BCUT2D eigenvalue weighted by molar-refractivity contribution is 0.0842. The summed E-state index contributed by atoms with van der Waals surface area (Å²) in [6.45, 7) is 6.39. The maximum Gasteiger partial charge on any atom is 0.0820 e. The van der Waals surface area contributed by atoms with Gasteiger partial charge in [0.2, 0.25) is 0 Å². The van der Waals surface area contributed by atoms with Gasteiger partial charge in [0.25, 0.3) is 0 Å². The van der Waals surface area contributed by atoms with E-state index in [9.17, 15) is 5.11 Å². The van der Waals surface area contributed by atoms with Crippen LogP contribution in [0.15, 0.2) is 12.1 Å². The number of aryl methyl sites for hydroxylation is 3. The third-order valence-corrected chi connectivity index (χ3v) is 4.30. The Morgan fingerprint density at radius 3 is 2.18 bits per heavy atom. The molecular weight excluding hydrogens is 208 g/mol. The quantitative estimate of drug-likeness (QED) is 0.809. The molecule has 2 rings (SSSR count). The van der Waals surface area contributed by atoms with E-state index in [-0.39, 0.29) is 6.10 Å². The molecule has 1 heteroatoms. The van der Waals surface area contributed by atoms with E-state index >= 15 is 0 Å². The van der Waals surface area contributed by atoms with Gasteiger partial charge in [-0.3, -0.25) is 0 Å². The second-order valence-electron chi connectivity index (χ2n) is 5.64. The van der Waals surface area contributed by atoms with E-state index in [1.54, 1.807) is 0 Å². The zero-order valence-electron chi connectivity index (χ0n) is 11.3. The summed E-state index contributed by atoms with van der Waals surface area (Å²) < 4.78 is 0. The van der Waals surface area contributed by atoms with Crippen LogP contribution in [0.4, 0.5) is 0 Å². The lowest BCUT2D eigenvalue weighted by Crippen LogP contribution is -2.17. The van der Waals surface area contributed by atoms with Crippen molar-refractivity contribution in [2.75, 3.05) is 0 Å². The highest BCUT2D eigenvalue weighted by Gasteiger charge is 2.24. The minimum absolute atomic E-state index is 0.255. The van der Waals surface area contributed by atoms with E-state index in [4.69, 9.17) is 0 Å². The van der Waals surface area contributed by atoms with Crippen molar-refractivity contribution in [3.05, 3.63) is 34.4 Å². The topological polar surface area (TPSA) is 20.2 Å². The monoisotopic (exact) mass is 232 g/mol. The molecule has 1 nitrogen and oxygen atoms in total. The maximum atomic E-state index is 10.5. The van der Waals surface area contributed by atoms with E-state index in [1.165, 1.54) is 48.8 Å². The molecular formula is C16H24O. The van der Waals surface area contributed by atoms with Crippen LogP contribution in [-0.2, 0) is 0 Å². The minimum atomic E-state index is -0.255. The largest absolute Gasteiger partial charge is 0.388 e. The van der Waals surface area contributed by atoms with Crippen LogP contribution >= 0.6 is 0 Å². The molecule has 0 radical (unpaired) electrons. The van der Waals surface area contributed by atoms with Crippen molar-refractivity contribution in [2.24, 2.45) is 5.92 Å². The van der Waals surface area contributed by atoms with E-state index in [0.717, 1.165) is 5.56 Å². The van der Waals surface area contributed by atoms with Crippen LogP contribution in [0.1, 0.15) is 60.5 Å².